The lowest BCUT2D eigenvalue weighted by molar-refractivity contribution is -0.121. The van der Waals surface area contributed by atoms with Crippen LogP contribution in [0.5, 0.6) is 0 Å². The monoisotopic (exact) mass is 271 g/mol. The molecule has 1 heterocycles. The smallest absolute Gasteiger partial charge is 0.233 e. The van der Waals surface area contributed by atoms with E-state index >= 15 is 0 Å². The van der Waals surface area contributed by atoms with Crippen LogP contribution in [0.1, 0.15) is 47.6 Å². The number of rotatable bonds is 4. The minimum absolute atomic E-state index is 0.00851. The molecule has 0 saturated heterocycles. The Bertz CT molecular complexity index is 410. The molecule has 18 heavy (non-hydrogen) atoms. The highest BCUT2D eigenvalue weighted by atomic mass is 32.2. The maximum atomic E-state index is 12.0. The van der Waals surface area contributed by atoms with E-state index in [1.165, 1.54) is 11.8 Å². The van der Waals surface area contributed by atoms with Crippen LogP contribution in [0.15, 0.2) is 5.16 Å². The molecule has 0 aliphatic heterocycles. The SMILES string of the molecule is CC(C)n1nnnc1S[C@H](C)C(=O)NC(C)(C)C. The molecule has 0 aliphatic rings. The Hall–Kier alpha value is -1.11. The van der Waals surface area contributed by atoms with Crippen LogP contribution in [-0.2, 0) is 4.79 Å². The Morgan fingerprint density at radius 1 is 1.33 bits per heavy atom. The molecule has 0 unspecified atom stereocenters. The quantitative estimate of drug-likeness (QED) is 0.843. The first-order chi connectivity index (χ1) is 8.20. The molecular formula is C11H21N5OS. The standard InChI is InChI=1S/C11H21N5OS/c1-7(2)16-10(13-14-15-16)18-8(3)9(17)12-11(4,5)6/h7-8H,1-6H3,(H,12,17)/t8-/m1/s1. The Morgan fingerprint density at radius 3 is 2.44 bits per heavy atom. The first kappa shape index (κ1) is 14.9. The number of nitrogens with one attached hydrogen (secondary N) is 1. The second-order valence-electron chi connectivity index (χ2n) is 5.50. The highest BCUT2D eigenvalue weighted by Crippen LogP contribution is 2.22. The molecule has 0 aromatic carbocycles. The van der Waals surface area contributed by atoms with Gasteiger partial charge in [-0.1, -0.05) is 11.8 Å². The van der Waals surface area contributed by atoms with Gasteiger partial charge in [-0.15, -0.1) is 5.10 Å². The van der Waals surface area contributed by atoms with Crippen molar-refractivity contribution in [3.05, 3.63) is 0 Å². The fourth-order valence-corrected chi connectivity index (χ4v) is 2.19. The Morgan fingerprint density at radius 2 is 1.94 bits per heavy atom. The van der Waals surface area contributed by atoms with Crippen LogP contribution >= 0.6 is 11.8 Å². The summed E-state index contributed by atoms with van der Waals surface area (Å²) in [5.41, 5.74) is -0.226. The van der Waals surface area contributed by atoms with Gasteiger partial charge in [-0.25, -0.2) is 4.68 Å². The topological polar surface area (TPSA) is 72.7 Å². The highest BCUT2D eigenvalue weighted by Gasteiger charge is 2.22. The van der Waals surface area contributed by atoms with Gasteiger partial charge in [0.1, 0.15) is 0 Å². The van der Waals surface area contributed by atoms with Crippen molar-refractivity contribution >= 4 is 17.7 Å². The van der Waals surface area contributed by atoms with Gasteiger partial charge in [0.2, 0.25) is 11.1 Å². The van der Waals surface area contributed by atoms with Crippen LogP contribution in [-0.4, -0.2) is 36.9 Å². The molecule has 0 spiro atoms. The molecule has 0 fully saturated rings. The lowest BCUT2D eigenvalue weighted by atomic mass is 10.1. The van der Waals surface area contributed by atoms with Gasteiger partial charge in [-0.2, -0.15) is 0 Å². The van der Waals surface area contributed by atoms with Gasteiger partial charge in [0, 0.05) is 5.54 Å². The summed E-state index contributed by atoms with van der Waals surface area (Å²) in [4.78, 5) is 12.0. The molecule has 0 radical (unpaired) electrons. The lowest BCUT2D eigenvalue weighted by Gasteiger charge is -2.22. The third-order valence-electron chi connectivity index (χ3n) is 2.10. The molecule has 1 N–H and O–H groups in total. The van der Waals surface area contributed by atoms with Crippen molar-refractivity contribution < 1.29 is 4.79 Å². The summed E-state index contributed by atoms with van der Waals surface area (Å²) < 4.78 is 1.71. The third kappa shape index (κ3) is 4.29. The number of aromatic nitrogens is 4. The van der Waals surface area contributed by atoms with E-state index in [0.29, 0.717) is 5.16 Å². The van der Waals surface area contributed by atoms with Crippen LogP contribution < -0.4 is 5.32 Å². The number of carbonyl (C=O) groups excluding carboxylic acids is 1. The van der Waals surface area contributed by atoms with Gasteiger partial charge in [-0.05, 0) is 52.0 Å². The van der Waals surface area contributed by atoms with Crippen LogP contribution in [0.3, 0.4) is 0 Å². The van der Waals surface area contributed by atoms with Crippen LogP contribution in [0, 0.1) is 0 Å². The van der Waals surface area contributed by atoms with Gasteiger partial charge in [0.25, 0.3) is 0 Å². The zero-order chi connectivity index (χ0) is 13.9. The third-order valence-corrected chi connectivity index (χ3v) is 3.15. The molecule has 102 valence electrons. The first-order valence-corrected chi connectivity index (χ1v) is 6.85. The molecule has 0 saturated carbocycles. The van der Waals surface area contributed by atoms with Crippen molar-refractivity contribution in [2.24, 2.45) is 0 Å². The number of nitrogens with zero attached hydrogens (tertiary/aromatic N) is 4. The number of hydrogen-bond donors (Lipinski definition) is 1. The van der Waals surface area contributed by atoms with Gasteiger partial charge < -0.3 is 5.32 Å². The van der Waals surface area contributed by atoms with Crippen molar-refractivity contribution in [1.82, 2.24) is 25.5 Å². The van der Waals surface area contributed by atoms with E-state index in [1.54, 1.807) is 4.68 Å². The Balaban J connectivity index is 2.67. The number of thioether (sulfide) groups is 1. The molecule has 0 bridgehead atoms. The number of hydrogen-bond acceptors (Lipinski definition) is 5. The van der Waals surface area contributed by atoms with E-state index < -0.39 is 0 Å². The lowest BCUT2D eigenvalue weighted by Crippen LogP contribution is -2.44. The van der Waals surface area contributed by atoms with Crippen molar-refractivity contribution in [3.8, 4) is 0 Å². The normalized spacial score (nSPS) is 13.7. The molecule has 1 amide bonds. The van der Waals surface area contributed by atoms with Crippen molar-refractivity contribution in [2.75, 3.05) is 0 Å². The average Bonchev–Trinajstić information content (AvgIpc) is 2.62. The number of amides is 1. The van der Waals surface area contributed by atoms with E-state index in [2.05, 4.69) is 20.8 Å². The van der Waals surface area contributed by atoms with Crippen molar-refractivity contribution in [1.29, 1.82) is 0 Å². The minimum atomic E-state index is -0.229. The molecule has 1 atom stereocenters. The largest absolute Gasteiger partial charge is 0.351 e. The average molecular weight is 271 g/mol. The zero-order valence-corrected chi connectivity index (χ0v) is 12.6. The predicted molar refractivity (Wildman–Crippen MR) is 71.4 cm³/mol. The summed E-state index contributed by atoms with van der Waals surface area (Å²) in [6.07, 6.45) is 0. The van der Waals surface area contributed by atoms with Gasteiger partial charge >= 0.3 is 0 Å². The predicted octanol–water partition coefficient (Wildman–Crippen LogP) is 1.65. The van der Waals surface area contributed by atoms with E-state index in [4.69, 9.17) is 0 Å². The molecule has 6 nitrogen and oxygen atoms in total. The highest BCUT2D eigenvalue weighted by molar-refractivity contribution is 8.00. The second kappa shape index (κ2) is 5.69. The van der Waals surface area contributed by atoms with E-state index in [1.807, 2.05) is 41.5 Å². The molecule has 1 aromatic heterocycles. The Labute approximate surface area is 112 Å². The fraction of sp³-hybridized carbons (Fsp3) is 0.818. The number of carbonyl (C=O) groups is 1. The molecule has 0 aliphatic carbocycles. The summed E-state index contributed by atoms with van der Waals surface area (Å²) in [5, 5.41) is 14.9. The summed E-state index contributed by atoms with van der Waals surface area (Å²) in [5.74, 6) is -0.00851. The summed E-state index contributed by atoms with van der Waals surface area (Å²) in [6.45, 7) is 11.7. The zero-order valence-electron chi connectivity index (χ0n) is 11.8. The summed E-state index contributed by atoms with van der Waals surface area (Å²) >= 11 is 1.37. The first-order valence-electron chi connectivity index (χ1n) is 5.97. The molecule has 7 heteroatoms. The van der Waals surface area contributed by atoms with Gasteiger partial charge in [0.15, 0.2) is 0 Å². The molecule has 1 aromatic rings. The molecular weight excluding hydrogens is 250 g/mol. The van der Waals surface area contributed by atoms with E-state index in [9.17, 15) is 4.79 Å². The maximum Gasteiger partial charge on any atom is 0.233 e. The maximum absolute atomic E-state index is 12.0. The van der Waals surface area contributed by atoms with Gasteiger partial charge in [0.05, 0.1) is 11.3 Å². The molecule has 1 rings (SSSR count). The summed E-state index contributed by atoms with van der Waals surface area (Å²) in [6, 6.07) is 0.181. The van der Waals surface area contributed by atoms with Crippen molar-refractivity contribution in [3.63, 3.8) is 0 Å². The summed E-state index contributed by atoms with van der Waals surface area (Å²) in [7, 11) is 0. The van der Waals surface area contributed by atoms with Crippen LogP contribution in [0.25, 0.3) is 0 Å². The fourth-order valence-electron chi connectivity index (χ4n) is 1.27. The second-order valence-corrected chi connectivity index (χ2v) is 6.81. The Kier molecular flexibility index (Phi) is 4.72. The number of tetrazole rings is 1. The van der Waals surface area contributed by atoms with Crippen LogP contribution in [0.4, 0.5) is 0 Å². The van der Waals surface area contributed by atoms with E-state index in [-0.39, 0.29) is 22.7 Å². The van der Waals surface area contributed by atoms with Crippen molar-refractivity contribution in [2.45, 2.75) is 63.5 Å². The van der Waals surface area contributed by atoms with Gasteiger partial charge in [-0.3, -0.25) is 4.79 Å². The van der Waals surface area contributed by atoms with Crippen LogP contribution in [0.2, 0.25) is 0 Å². The van der Waals surface area contributed by atoms with E-state index in [0.717, 1.165) is 0 Å². The minimum Gasteiger partial charge on any atom is -0.351 e.